The predicted molar refractivity (Wildman–Crippen MR) is 124 cm³/mol. The van der Waals surface area contributed by atoms with Crippen molar-refractivity contribution in [2.45, 2.75) is 44.9 Å². The van der Waals surface area contributed by atoms with E-state index in [4.69, 9.17) is 9.47 Å². The molecule has 3 aromatic heterocycles. The maximum atomic E-state index is 11.4. The highest BCUT2D eigenvalue weighted by molar-refractivity contribution is 9.10. The van der Waals surface area contributed by atoms with Gasteiger partial charge in [-0.05, 0) is 80.0 Å². The van der Waals surface area contributed by atoms with E-state index in [0.717, 1.165) is 16.6 Å². The van der Waals surface area contributed by atoms with Crippen LogP contribution < -0.4 is 9.47 Å². The minimum absolute atomic E-state index is 0.0289. The van der Waals surface area contributed by atoms with Crippen molar-refractivity contribution in [1.29, 1.82) is 0 Å². The molecule has 3 rings (SSSR count). The monoisotopic (exact) mass is 507 g/mol. The van der Waals surface area contributed by atoms with Gasteiger partial charge in [0.05, 0.1) is 12.2 Å². The number of pyridine rings is 3. The van der Waals surface area contributed by atoms with Crippen LogP contribution in [0.2, 0.25) is 0 Å². The number of aromatic nitrogens is 3. The molecule has 3 aromatic rings. The van der Waals surface area contributed by atoms with E-state index in [-0.39, 0.29) is 17.2 Å². The molecule has 0 bridgehead atoms. The van der Waals surface area contributed by atoms with E-state index in [1.807, 2.05) is 45.9 Å². The van der Waals surface area contributed by atoms with Crippen molar-refractivity contribution < 1.29 is 17.9 Å². The SMILES string of the molecule is CC(C)Oc1cccnc1-c1ccc(S(C)(=O)=O)nc1.CC(C)Oc1cccnc1Br. The molecule has 0 aliphatic heterocycles. The van der Waals surface area contributed by atoms with Crippen LogP contribution in [0, 0.1) is 0 Å². The summed E-state index contributed by atoms with van der Waals surface area (Å²) in [5, 5.41) is 0.0449. The molecule has 0 saturated carbocycles. The summed E-state index contributed by atoms with van der Waals surface area (Å²) in [4.78, 5) is 12.3. The molecule has 0 unspecified atom stereocenters. The summed E-state index contributed by atoms with van der Waals surface area (Å²) in [5.41, 5.74) is 1.36. The summed E-state index contributed by atoms with van der Waals surface area (Å²) in [7, 11) is -3.29. The molecule has 0 saturated heterocycles. The van der Waals surface area contributed by atoms with Gasteiger partial charge in [-0.15, -0.1) is 0 Å². The van der Waals surface area contributed by atoms with E-state index in [9.17, 15) is 8.42 Å². The Balaban J connectivity index is 0.000000262. The van der Waals surface area contributed by atoms with Gasteiger partial charge in [0.1, 0.15) is 16.0 Å². The van der Waals surface area contributed by atoms with Gasteiger partial charge < -0.3 is 9.47 Å². The number of hydrogen-bond acceptors (Lipinski definition) is 7. The van der Waals surface area contributed by atoms with Gasteiger partial charge in [-0.1, -0.05) is 0 Å². The molecule has 0 aliphatic carbocycles. The van der Waals surface area contributed by atoms with Crippen LogP contribution in [0.25, 0.3) is 11.3 Å². The Hall–Kier alpha value is -2.52. The van der Waals surface area contributed by atoms with Crippen molar-refractivity contribution in [3.63, 3.8) is 0 Å². The van der Waals surface area contributed by atoms with E-state index < -0.39 is 9.84 Å². The third-order valence-electron chi connectivity index (χ3n) is 3.61. The summed E-state index contributed by atoms with van der Waals surface area (Å²) in [6, 6.07) is 10.5. The minimum atomic E-state index is -3.29. The van der Waals surface area contributed by atoms with Crippen LogP contribution >= 0.6 is 15.9 Å². The molecule has 9 heteroatoms. The molecule has 0 fully saturated rings. The Kier molecular flexibility index (Phi) is 8.94. The molecular formula is C22H26BrN3O4S. The van der Waals surface area contributed by atoms with Gasteiger partial charge in [0, 0.05) is 30.4 Å². The van der Waals surface area contributed by atoms with E-state index in [1.54, 1.807) is 24.5 Å². The standard InChI is InChI=1S/C14H16N2O3S.C8H10BrNO/c1-10(2)19-12-5-4-8-15-14(12)11-6-7-13(16-9-11)20(3,17)18;1-6(2)11-7-4-3-5-10-8(7)9/h4-10H,1-3H3;3-6H,1-2H3. The number of hydrogen-bond donors (Lipinski definition) is 0. The van der Waals surface area contributed by atoms with Crippen molar-refractivity contribution in [2.75, 3.05) is 6.26 Å². The molecule has 3 heterocycles. The molecule has 0 aromatic carbocycles. The fourth-order valence-electron chi connectivity index (χ4n) is 2.41. The first-order valence-corrected chi connectivity index (χ1v) is 12.3. The Morgan fingerprint density at radius 1 is 0.839 bits per heavy atom. The molecule has 0 atom stereocenters. The lowest BCUT2D eigenvalue weighted by molar-refractivity contribution is 0.239. The summed E-state index contributed by atoms with van der Waals surface area (Å²) in [6.45, 7) is 7.84. The van der Waals surface area contributed by atoms with Crippen LogP contribution in [0.4, 0.5) is 0 Å². The van der Waals surface area contributed by atoms with Gasteiger partial charge in [-0.25, -0.2) is 18.4 Å². The Labute approximate surface area is 191 Å². The van der Waals surface area contributed by atoms with Crippen LogP contribution in [0.1, 0.15) is 27.7 Å². The lowest BCUT2D eigenvalue weighted by Crippen LogP contribution is -2.07. The quantitative estimate of drug-likeness (QED) is 0.435. The molecule has 0 N–H and O–H groups in total. The second kappa shape index (κ2) is 11.2. The molecule has 166 valence electrons. The smallest absolute Gasteiger partial charge is 0.192 e. The van der Waals surface area contributed by atoms with Crippen LogP contribution in [-0.4, -0.2) is 41.8 Å². The number of rotatable bonds is 6. The Bertz CT molecular complexity index is 1090. The molecule has 0 amide bonds. The zero-order chi connectivity index (χ0) is 23.0. The van der Waals surface area contributed by atoms with Crippen molar-refractivity contribution in [3.8, 4) is 22.8 Å². The van der Waals surface area contributed by atoms with Gasteiger partial charge in [-0.3, -0.25) is 4.98 Å². The number of ether oxygens (including phenoxy) is 2. The van der Waals surface area contributed by atoms with E-state index in [1.165, 1.54) is 12.3 Å². The average molecular weight is 508 g/mol. The van der Waals surface area contributed by atoms with Crippen molar-refractivity contribution in [1.82, 2.24) is 15.0 Å². The van der Waals surface area contributed by atoms with Gasteiger partial charge in [0.25, 0.3) is 0 Å². The molecule has 31 heavy (non-hydrogen) atoms. The maximum Gasteiger partial charge on any atom is 0.192 e. The highest BCUT2D eigenvalue weighted by Gasteiger charge is 2.12. The molecular weight excluding hydrogens is 482 g/mol. The average Bonchev–Trinajstić information content (AvgIpc) is 2.69. The second-order valence-electron chi connectivity index (χ2n) is 7.13. The van der Waals surface area contributed by atoms with Gasteiger partial charge in [0.15, 0.2) is 20.6 Å². The van der Waals surface area contributed by atoms with Crippen LogP contribution in [0.3, 0.4) is 0 Å². The lowest BCUT2D eigenvalue weighted by atomic mass is 10.2. The third kappa shape index (κ3) is 7.91. The van der Waals surface area contributed by atoms with Crippen LogP contribution in [-0.2, 0) is 9.84 Å². The van der Waals surface area contributed by atoms with Crippen molar-refractivity contribution in [2.24, 2.45) is 0 Å². The van der Waals surface area contributed by atoms with E-state index in [2.05, 4.69) is 30.9 Å². The highest BCUT2D eigenvalue weighted by Crippen LogP contribution is 2.28. The first kappa shape index (κ1) is 24.7. The predicted octanol–water partition coefficient (Wildman–Crippen LogP) is 4.97. The maximum absolute atomic E-state index is 11.4. The fourth-order valence-corrected chi connectivity index (χ4v) is 3.31. The van der Waals surface area contributed by atoms with Crippen molar-refractivity contribution in [3.05, 3.63) is 59.6 Å². The molecule has 0 radical (unpaired) electrons. The third-order valence-corrected chi connectivity index (χ3v) is 5.21. The summed E-state index contributed by atoms with van der Waals surface area (Å²) < 4.78 is 34.7. The first-order valence-electron chi connectivity index (χ1n) is 9.63. The van der Waals surface area contributed by atoms with Crippen LogP contribution in [0.15, 0.2) is 64.6 Å². The lowest BCUT2D eigenvalue weighted by Gasteiger charge is -2.13. The highest BCUT2D eigenvalue weighted by atomic mass is 79.9. The topological polar surface area (TPSA) is 91.3 Å². The summed E-state index contributed by atoms with van der Waals surface area (Å²) in [5.74, 6) is 1.44. The van der Waals surface area contributed by atoms with Gasteiger partial charge >= 0.3 is 0 Å². The van der Waals surface area contributed by atoms with Gasteiger partial charge in [-0.2, -0.15) is 0 Å². The zero-order valence-electron chi connectivity index (χ0n) is 18.1. The van der Waals surface area contributed by atoms with Gasteiger partial charge in [0.2, 0.25) is 0 Å². The van der Waals surface area contributed by atoms with Crippen LogP contribution in [0.5, 0.6) is 11.5 Å². The van der Waals surface area contributed by atoms with Crippen molar-refractivity contribution >= 4 is 25.8 Å². The fraction of sp³-hybridized carbons (Fsp3) is 0.318. The normalized spacial score (nSPS) is 11.1. The second-order valence-corrected chi connectivity index (χ2v) is 9.85. The largest absolute Gasteiger partial charge is 0.489 e. The van der Waals surface area contributed by atoms with E-state index >= 15 is 0 Å². The number of sulfone groups is 1. The Morgan fingerprint density at radius 2 is 1.42 bits per heavy atom. The zero-order valence-corrected chi connectivity index (χ0v) is 20.5. The molecule has 7 nitrogen and oxygen atoms in total. The summed E-state index contributed by atoms with van der Waals surface area (Å²) >= 11 is 3.29. The summed E-state index contributed by atoms with van der Waals surface area (Å²) in [6.07, 6.45) is 6.22. The molecule has 0 spiro atoms. The number of halogens is 1. The Morgan fingerprint density at radius 3 is 1.94 bits per heavy atom. The minimum Gasteiger partial charge on any atom is -0.489 e. The molecule has 0 aliphatic rings. The van der Waals surface area contributed by atoms with E-state index in [0.29, 0.717) is 17.0 Å². The first-order chi connectivity index (χ1) is 14.6. The number of nitrogens with zero attached hydrogens (tertiary/aromatic N) is 3.